The van der Waals surface area contributed by atoms with Crippen LogP contribution in [0.2, 0.25) is 0 Å². The normalized spacial score (nSPS) is 10.6. The average Bonchev–Trinajstić information content (AvgIpc) is 2.27. The van der Waals surface area contributed by atoms with Crippen molar-refractivity contribution >= 4 is 15.9 Å². The predicted molar refractivity (Wildman–Crippen MR) is 61.5 cm³/mol. The van der Waals surface area contributed by atoms with Crippen molar-refractivity contribution in [1.82, 2.24) is 5.32 Å². The first-order chi connectivity index (χ1) is 7.92. The van der Waals surface area contributed by atoms with E-state index in [1.54, 1.807) is 0 Å². The van der Waals surface area contributed by atoms with E-state index < -0.39 is 15.9 Å². The van der Waals surface area contributed by atoms with Gasteiger partial charge in [0.05, 0.1) is 17.4 Å². The number of hydrogen-bond acceptors (Lipinski definition) is 4. The quantitative estimate of drug-likeness (QED) is 0.758. The summed E-state index contributed by atoms with van der Waals surface area (Å²) in [5.41, 5.74) is 0.810. The van der Waals surface area contributed by atoms with Gasteiger partial charge in [-0.3, -0.25) is 4.79 Å². The van der Waals surface area contributed by atoms with Crippen molar-refractivity contribution in [3.8, 4) is 6.07 Å². The molecule has 0 aliphatic heterocycles. The highest BCUT2D eigenvalue weighted by atomic mass is 32.2. The summed E-state index contributed by atoms with van der Waals surface area (Å²) in [6, 6.07) is 7.93. The van der Waals surface area contributed by atoms with Gasteiger partial charge in [0.15, 0.2) is 0 Å². The van der Waals surface area contributed by atoms with Gasteiger partial charge < -0.3 is 5.32 Å². The minimum atomic E-state index is -3.57. The smallest absolute Gasteiger partial charge is 0.251 e. The van der Waals surface area contributed by atoms with Gasteiger partial charge in [0, 0.05) is 12.1 Å². The third-order valence-electron chi connectivity index (χ3n) is 1.95. The molecule has 0 radical (unpaired) electrons. The van der Waals surface area contributed by atoms with Crippen LogP contribution >= 0.6 is 0 Å². The molecule has 1 amide bonds. The Morgan fingerprint density at radius 2 is 1.94 bits per heavy atom. The molecule has 0 unspecified atom stereocenters. The molecular weight excluding hydrogens is 242 g/mol. The van der Waals surface area contributed by atoms with E-state index in [4.69, 9.17) is 10.4 Å². The Morgan fingerprint density at radius 1 is 1.35 bits per heavy atom. The lowest BCUT2D eigenvalue weighted by atomic mass is 10.1. The number of amides is 1. The standard InChI is InChI=1S/C10H11N3O3S/c11-7-8-1-3-9(4-2-8)10(14)13-5-6-17(12,15)16/h1-4H,5-6H2,(H,13,14)(H2,12,15,16). The fraction of sp³-hybridized carbons (Fsp3) is 0.200. The van der Waals surface area contributed by atoms with Gasteiger partial charge in [-0.15, -0.1) is 0 Å². The first kappa shape index (κ1) is 13.2. The molecule has 1 aromatic carbocycles. The summed E-state index contributed by atoms with van der Waals surface area (Å²) in [6.45, 7) is -0.0440. The van der Waals surface area contributed by atoms with Crippen molar-refractivity contribution in [2.45, 2.75) is 0 Å². The van der Waals surface area contributed by atoms with Crippen molar-refractivity contribution in [3.05, 3.63) is 35.4 Å². The number of nitrogens with zero attached hydrogens (tertiary/aromatic N) is 1. The molecule has 0 aliphatic rings. The van der Waals surface area contributed by atoms with Gasteiger partial charge in [-0.05, 0) is 24.3 Å². The van der Waals surface area contributed by atoms with E-state index in [9.17, 15) is 13.2 Å². The van der Waals surface area contributed by atoms with Crippen LogP contribution in [0.1, 0.15) is 15.9 Å². The van der Waals surface area contributed by atoms with Crippen LogP contribution in [0.4, 0.5) is 0 Å². The Bertz CT molecular complexity index is 543. The number of hydrogen-bond donors (Lipinski definition) is 2. The van der Waals surface area contributed by atoms with E-state index in [0.29, 0.717) is 11.1 Å². The zero-order chi connectivity index (χ0) is 12.9. The molecule has 17 heavy (non-hydrogen) atoms. The van der Waals surface area contributed by atoms with Gasteiger partial charge in [0.25, 0.3) is 5.91 Å². The maximum absolute atomic E-state index is 11.5. The second-order valence-corrected chi connectivity index (χ2v) is 5.05. The van der Waals surface area contributed by atoms with Crippen molar-refractivity contribution < 1.29 is 13.2 Å². The topological polar surface area (TPSA) is 113 Å². The summed E-state index contributed by atoms with van der Waals surface area (Å²) in [5, 5.41) is 15.8. The third kappa shape index (κ3) is 4.63. The van der Waals surface area contributed by atoms with Gasteiger partial charge in [-0.2, -0.15) is 5.26 Å². The molecule has 0 fully saturated rings. The highest BCUT2D eigenvalue weighted by Crippen LogP contribution is 2.02. The zero-order valence-corrected chi connectivity index (χ0v) is 9.70. The molecule has 6 nitrogen and oxygen atoms in total. The summed E-state index contributed by atoms with van der Waals surface area (Å²) >= 11 is 0. The first-order valence-electron chi connectivity index (χ1n) is 4.71. The summed E-state index contributed by atoms with van der Waals surface area (Å²) < 4.78 is 21.2. The molecule has 0 spiro atoms. The Kier molecular flexibility index (Phi) is 4.20. The molecule has 0 aromatic heterocycles. The molecule has 0 atom stereocenters. The van der Waals surface area contributed by atoms with E-state index in [1.807, 2.05) is 6.07 Å². The van der Waals surface area contributed by atoms with E-state index in [1.165, 1.54) is 24.3 Å². The fourth-order valence-electron chi connectivity index (χ4n) is 1.11. The van der Waals surface area contributed by atoms with Crippen molar-refractivity contribution in [2.75, 3.05) is 12.3 Å². The van der Waals surface area contributed by atoms with Crippen LogP contribution in [0, 0.1) is 11.3 Å². The van der Waals surface area contributed by atoms with Gasteiger partial charge >= 0.3 is 0 Å². The second-order valence-electron chi connectivity index (χ2n) is 3.31. The Morgan fingerprint density at radius 3 is 2.41 bits per heavy atom. The molecule has 3 N–H and O–H groups in total. The summed E-state index contributed by atoms with van der Waals surface area (Å²) in [6.07, 6.45) is 0. The highest BCUT2D eigenvalue weighted by molar-refractivity contribution is 7.89. The van der Waals surface area contributed by atoms with Crippen LogP contribution in [0.15, 0.2) is 24.3 Å². The summed E-state index contributed by atoms with van der Waals surface area (Å²) in [7, 11) is -3.57. The van der Waals surface area contributed by atoms with Crippen LogP contribution in [0.5, 0.6) is 0 Å². The molecule has 1 aromatic rings. The number of sulfonamides is 1. The van der Waals surface area contributed by atoms with Crippen LogP contribution in [-0.2, 0) is 10.0 Å². The van der Waals surface area contributed by atoms with Gasteiger partial charge in [0.1, 0.15) is 0 Å². The molecule has 0 saturated carbocycles. The number of carbonyl (C=O) groups is 1. The maximum Gasteiger partial charge on any atom is 0.251 e. The second kappa shape index (κ2) is 5.43. The lowest BCUT2D eigenvalue weighted by Crippen LogP contribution is -2.31. The molecule has 0 saturated heterocycles. The Labute approximate surface area is 99.1 Å². The molecule has 0 bridgehead atoms. The van der Waals surface area contributed by atoms with E-state index in [-0.39, 0.29) is 12.3 Å². The van der Waals surface area contributed by atoms with E-state index in [2.05, 4.69) is 5.32 Å². The van der Waals surface area contributed by atoms with Crippen molar-refractivity contribution in [1.29, 1.82) is 5.26 Å². The fourth-order valence-corrected chi connectivity index (χ4v) is 1.49. The van der Waals surface area contributed by atoms with Crippen LogP contribution < -0.4 is 10.5 Å². The number of benzene rings is 1. The Hall–Kier alpha value is -1.91. The largest absolute Gasteiger partial charge is 0.351 e. The van der Waals surface area contributed by atoms with Crippen molar-refractivity contribution in [3.63, 3.8) is 0 Å². The lowest BCUT2D eigenvalue weighted by molar-refractivity contribution is 0.0956. The molecule has 1 rings (SSSR count). The van der Waals surface area contributed by atoms with E-state index >= 15 is 0 Å². The minimum absolute atomic E-state index is 0.0440. The third-order valence-corrected chi connectivity index (χ3v) is 2.72. The molecule has 7 heteroatoms. The lowest BCUT2D eigenvalue weighted by Gasteiger charge is -2.03. The number of nitrogens with one attached hydrogen (secondary N) is 1. The van der Waals surface area contributed by atoms with E-state index in [0.717, 1.165) is 0 Å². The molecule has 0 aliphatic carbocycles. The van der Waals surface area contributed by atoms with Crippen molar-refractivity contribution in [2.24, 2.45) is 5.14 Å². The number of primary sulfonamides is 1. The Balaban J connectivity index is 2.56. The average molecular weight is 253 g/mol. The molecular formula is C10H11N3O3S. The number of carbonyl (C=O) groups excluding carboxylic acids is 1. The maximum atomic E-state index is 11.5. The van der Waals surface area contributed by atoms with Gasteiger partial charge in [0.2, 0.25) is 10.0 Å². The van der Waals surface area contributed by atoms with Gasteiger partial charge in [-0.25, -0.2) is 13.6 Å². The summed E-state index contributed by atoms with van der Waals surface area (Å²) in [4.78, 5) is 11.5. The highest BCUT2D eigenvalue weighted by Gasteiger charge is 2.07. The SMILES string of the molecule is N#Cc1ccc(C(=O)NCCS(N)(=O)=O)cc1. The number of nitriles is 1. The van der Waals surface area contributed by atoms with Crippen LogP contribution in [0.3, 0.4) is 0 Å². The number of nitrogens with two attached hydrogens (primary N) is 1. The minimum Gasteiger partial charge on any atom is -0.351 e. The van der Waals surface area contributed by atoms with Crippen LogP contribution in [-0.4, -0.2) is 26.6 Å². The zero-order valence-electron chi connectivity index (χ0n) is 8.88. The first-order valence-corrected chi connectivity index (χ1v) is 6.43. The number of rotatable bonds is 4. The molecule has 90 valence electrons. The summed E-state index contributed by atoms with van der Waals surface area (Å²) in [5.74, 6) is -0.715. The molecule has 0 heterocycles. The predicted octanol–water partition coefficient (Wildman–Crippen LogP) is -0.423. The van der Waals surface area contributed by atoms with Crippen LogP contribution in [0.25, 0.3) is 0 Å². The van der Waals surface area contributed by atoms with Gasteiger partial charge in [-0.1, -0.05) is 0 Å². The monoisotopic (exact) mass is 253 g/mol.